The van der Waals surface area contributed by atoms with Crippen LogP contribution in [0.1, 0.15) is 11.5 Å². The molecule has 2 aromatic carbocycles. The van der Waals surface area contributed by atoms with E-state index in [1.807, 2.05) is 0 Å². The van der Waals surface area contributed by atoms with Crippen molar-refractivity contribution in [3.05, 3.63) is 48.0 Å². The fourth-order valence-corrected chi connectivity index (χ4v) is 2.23. The summed E-state index contributed by atoms with van der Waals surface area (Å²) in [7, 11) is 4.61. The molecule has 0 saturated carbocycles. The Morgan fingerprint density at radius 2 is 1.54 bits per heavy atom. The monoisotopic (exact) mass is 332 g/mol. The number of hydrogen-bond donors (Lipinski definition) is 1. The first-order chi connectivity index (χ1) is 11.6. The van der Waals surface area contributed by atoms with Gasteiger partial charge in [0.25, 0.3) is 0 Å². The van der Waals surface area contributed by atoms with Crippen LogP contribution >= 0.6 is 0 Å². The summed E-state index contributed by atoms with van der Waals surface area (Å²) < 4.78 is 21.1. The zero-order valence-electron chi connectivity index (χ0n) is 13.8. The van der Waals surface area contributed by atoms with Gasteiger partial charge in [-0.3, -0.25) is 4.79 Å². The van der Waals surface area contributed by atoms with Crippen molar-refractivity contribution in [1.29, 1.82) is 0 Å². The molecule has 128 valence electrons. The predicted octanol–water partition coefficient (Wildman–Crippen LogP) is 2.96. The number of methoxy groups -OCH3 is 3. The second-order valence-corrected chi connectivity index (χ2v) is 4.99. The zero-order valence-corrected chi connectivity index (χ0v) is 13.8. The van der Waals surface area contributed by atoms with E-state index in [1.54, 1.807) is 49.6 Å². The van der Waals surface area contributed by atoms with Gasteiger partial charge in [0.1, 0.15) is 24.0 Å². The topological polar surface area (TPSA) is 74.2 Å². The third-order valence-corrected chi connectivity index (χ3v) is 3.58. The predicted molar refractivity (Wildman–Crippen MR) is 88.4 cm³/mol. The molecule has 0 heterocycles. The van der Waals surface area contributed by atoms with Crippen molar-refractivity contribution in [1.82, 2.24) is 0 Å². The molecule has 6 nitrogen and oxygen atoms in total. The highest BCUT2D eigenvalue weighted by atomic mass is 16.5. The fraction of sp³-hybridized carbons (Fsp3) is 0.278. The first-order valence-electron chi connectivity index (χ1n) is 7.30. The minimum atomic E-state index is -0.976. The third-order valence-electron chi connectivity index (χ3n) is 3.58. The quantitative estimate of drug-likeness (QED) is 0.801. The van der Waals surface area contributed by atoms with Crippen LogP contribution in [0.3, 0.4) is 0 Å². The Bertz CT molecular complexity index is 680. The van der Waals surface area contributed by atoms with Crippen LogP contribution in [0.15, 0.2) is 42.5 Å². The minimum Gasteiger partial charge on any atom is -0.497 e. The lowest BCUT2D eigenvalue weighted by Crippen LogP contribution is -2.19. The van der Waals surface area contributed by atoms with Crippen LogP contribution in [0.25, 0.3) is 0 Å². The smallest absolute Gasteiger partial charge is 0.314 e. The molecule has 0 aliphatic heterocycles. The number of carbonyl (C=O) groups is 1. The van der Waals surface area contributed by atoms with E-state index in [0.29, 0.717) is 28.6 Å². The van der Waals surface area contributed by atoms with Gasteiger partial charge in [0.2, 0.25) is 0 Å². The Labute approximate surface area is 140 Å². The molecule has 0 aliphatic rings. The number of carboxylic acid groups (broad SMARTS) is 1. The van der Waals surface area contributed by atoms with Crippen molar-refractivity contribution in [3.8, 4) is 23.0 Å². The van der Waals surface area contributed by atoms with Gasteiger partial charge in [-0.25, -0.2) is 0 Å². The van der Waals surface area contributed by atoms with Crippen LogP contribution in [0, 0.1) is 0 Å². The van der Waals surface area contributed by atoms with Crippen molar-refractivity contribution in [2.45, 2.75) is 5.92 Å². The lowest BCUT2D eigenvalue weighted by molar-refractivity contribution is -0.139. The molecular weight excluding hydrogens is 312 g/mol. The van der Waals surface area contributed by atoms with Gasteiger partial charge >= 0.3 is 5.97 Å². The Balaban J connectivity index is 2.15. The van der Waals surface area contributed by atoms with Gasteiger partial charge in [-0.05, 0) is 42.0 Å². The van der Waals surface area contributed by atoms with Crippen LogP contribution in [-0.2, 0) is 4.79 Å². The third kappa shape index (κ3) is 4.10. The number of aliphatic carboxylic acids is 1. The minimum absolute atomic E-state index is 0.00283. The normalized spacial score (nSPS) is 11.5. The molecule has 6 heteroatoms. The highest BCUT2D eigenvalue weighted by Gasteiger charge is 2.22. The van der Waals surface area contributed by atoms with Crippen LogP contribution < -0.4 is 18.9 Å². The van der Waals surface area contributed by atoms with Crippen molar-refractivity contribution < 1.29 is 28.8 Å². The van der Waals surface area contributed by atoms with Crippen LogP contribution in [0.5, 0.6) is 23.0 Å². The SMILES string of the molecule is COc1ccc(OCC(C(=O)O)c2ccc(OC)c(OC)c2)cc1. The number of rotatable bonds is 8. The van der Waals surface area contributed by atoms with E-state index in [0.717, 1.165) is 0 Å². The molecule has 2 aromatic rings. The lowest BCUT2D eigenvalue weighted by atomic mass is 9.99. The van der Waals surface area contributed by atoms with E-state index in [4.69, 9.17) is 18.9 Å². The lowest BCUT2D eigenvalue weighted by Gasteiger charge is -2.16. The second kappa shape index (κ2) is 8.10. The summed E-state index contributed by atoms with van der Waals surface area (Å²) in [6.07, 6.45) is 0. The molecule has 0 fully saturated rings. The van der Waals surface area contributed by atoms with Crippen LogP contribution in [0.4, 0.5) is 0 Å². The maximum atomic E-state index is 11.6. The number of ether oxygens (including phenoxy) is 4. The summed E-state index contributed by atoms with van der Waals surface area (Å²) in [4.78, 5) is 11.6. The largest absolute Gasteiger partial charge is 0.497 e. The zero-order chi connectivity index (χ0) is 17.5. The van der Waals surface area contributed by atoms with Crippen molar-refractivity contribution >= 4 is 5.97 Å². The number of hydrogen-bond acceptors (Lipinski definition) is 5. The van der Waals surface area contributed by atoms with Gasteiger partial charge in [-0.2, -0.15) is 0 Å². The molecule has 24 heavy (non-hydrogen) atoms. The van der Waals surface area contributed by atoms with E-state index in [9.17, 15) is 9.90 Å². The van der Waals surface area contributed by atoms with E-state index >= 15 is 0 Å². The maximum absolute atomic E-state index is 11.6. The molecule has 1 N–H and O–H groups in total. The molecule has 0 spiro atoms. The van der Waals surface area contributed by atoms with Gasteiger partial charge in [-0.1, -0.05) is 6.07 Å². The van der Waals surface area contributed by atoms with Crippen LogP contribution in [-0.4, -0.2) is 39.0 Å². The summed E-state index contributed by atoms with van der Waals surface area (Å²) in [6.45, 7) is -0.00283. The molecule has 1 unspecified atom stereocenters. The molecule has 0 aliphatic carbocycles. The van der Waals surface area contributed by atoms with Gasteiger partial charge in [0.05, 0.1) is 21.3 Å². The van der Waals surface area contributed by atoms with E-state index in [1.165, 1.54) is 14.2 Å². The molecule has 0 bridgehead atoms. The number of carboxylic acids is 1. The average Bonchev–Trinajstić information content (AvgIpc) is 2.61. The van der Waals surface area contributed by atoms with Gasteiger partial charge in [0, 0.05) is 0 Å². The summed E-state index contributed by atoms with van der Waals surface area (Å²) in [5.41, 5.74) is 0.577. The molecule has 0 amide bonds. The van der Waals surface area contributed by atoms with E-state index in [2.05, 4.69) is 0 Å². The molecule has 0 aromatic heterocycles. The molecule has 2 rings (SSSR count). The first kappa shape index (κ1) is 17.5. The maximum Gasteiger partial charge on any atom is 0.314 e. The molecule has 0 saturated heterocycles. The molecule has 1 atom stereocenters. The Morgan fingerprint density at radius 3 is 2.08 bits per heavy atom. The van der Waals surface area contributed by atoms with Gasteiger partial charge < -0.3 is 24.1 Å². The van der Waals surface area contributed by atoms with Crippen LogP contribution in [0.2, 0.25) is 0 Å². The summed E-state index contributed by atoms with van der Waals surface area (Å²) in [5.74, 6) is 0.495. The van der Waals surface area contributed by atoms with Gasteiger partial charge in [-0.15, -0.1) is 0 Å². The average molecular weight is 332 g/mol. The van der Waals surface area contributed by atoms with Crippen molar-refractivity contribution in [2.24, 2.45) is 0 Å². The Kier molecular flexibility index (Phi) is 5.89. The van der Waals surface area contributed by atoms with Crippen molar-refractivity contribution in [2.75, 3.05) is 27.9 Å². The van der Waals surface area contributed by atoms with Gasteiger partial charge in [0.15, 0.2) is 11.5 Å². The summed E-state index contributed by atoms with van der Waals surface area (Å²) in [5, 5.41) is 9.50. The highest BCUT2D eigenvalue weighted by molar-refractivity contribution is 5.76. The first-order valence-corrected chi connectivity index (χ1v) is 7.30. The fourth-order valence-electron chi connectivity index (χ4n) is 2.23. The number of benzene rings is 2. The molecule has 0 radical (unpaired) electrons. The Morgan fingerprint density at radius 1 is 0.917 bits per heavy atom. The summed E-state index contributed by atoms with van der Waals surface area (Å²) in [6, 6.07) is 12.0. The summed E-state index contributed by atoms with van der Waals surface area (Å²) >= 11 is 0. The van der Waals surface area contributed by atoms with Crippen molar-refractivity contribution in [3.63, 3.8) is 0 Å². The molecular formula is C18H20O6. The standard InChI is InChI=1S/C18H20O6/c1-21-13-5-7-14(8-6-13)24-11-15(18(19)20)12-4-9-16(22-2)17(10-12)23-3/h4-10,15H,11H2,1-3H3,(H,19,20). The highest BCUT2D eigenvalue weighted by Crippen LogP contribution is 2.31. The van der Waals surface area contributed by atoms with E-state index < -0.39 is 11.9 Å². The van der Waals surface area contributed by atoms with E-state index in [-0.39, 0.29) is 6.61 Å². The second-order valence-electron chi connectivity index (χ2n) is 4.99. The Hall–Kier alpha value is -2.89.